The highest BCUT2D eigenvalue weighted by Gasteiger charge is 2.35. The van der Waals surface area contributed by atoms with Crippen LogP contribution in [0.1, 0.15) is 37.0 Å². The number of carbonyl (C=O) groups is 2. The molecule has 0 spiro atoms. The van der Waals surface area contributed by atoms with Crippen LogP contribution in [-0.2, 0) is 32.6 Å². The fourth-order valence-corrected chi connectivity index (χ4v) is 6.33. The van der Waals surface area contributed by atoms with Crippen LogP contribution in [0.15, 0.2) is 108 Å². The zero-order valence-electron chi connectivity index (χ0n) is 26.5. The molecule has 242 valence electrons. The minimum Gasteiger partial charge on any atom is -0.497 e. The molecule has 0 aromatic heterocycles. The number of sulfonamides is 1. The summed E-state index contributed by atoms with van der Waals surface area (Å²) >= 11 is 0. The normalized spacial score (nSPS) is 12.5. The molecule has 46 heavy (non-hydrogen) atoms. The van der Waals surface area contributed by atoms with E-state index >= 15 is 4.39 Å². The van der Waals surface area contributed by atoms with Gasteiger partial charge in [-0.25, -0.2) is 12.8 Å². The highest BCUT2D eigenvalue weighted by molar-refractivity contribution is 7.92. The van der Waals surface area contributed by atoms with Crippen molar-refractivity contribution in [2.24, 2.45) is 0 Å². The van der Waals surface area contributed by atoms with Gasteiger partial charge in [0.2, 0.25) is 11.8 Å². The van der Waals surface area contributed by atoms with Crippen LogP contribution in [0.2, 0.25) is 0 Å². The number of anilines is 1. The Kier molecular flexibility index (Phi) is 11.5. The Labute approximate surface area is 270 Å². The van der Waals surface area contributed by atoms with Crippen molar-refractivity contribution in [2.45, 2.75) is 57.1 Å². The molecule has 2 amide bonds. The molecule has 0 aliphatic rings. The number of benzene rings is 4. The van der Waals surface area contributed by atoms with E-state index in [0.29, 0.717) is 12.2 Å². The smallest absolute Gasteiger partial charge is 0.264 e. The maximum Gasteiger partial charge on any atom is 0.264 e. The van der Waals surface area contributed by atoms with E-state index in [2.05, 4.69) is 5.32 Å². The number of hydrogen-bond acceptors (Lipinski definition) is 5. The molecule has 4 aromatic rings. The highest BCUT2D eigenvalue weighted by atomic mass is 32.2. The van der Waals surface area contributed by atoms with Gasteiger partial charge < -0.3 is 15.0 Å². The summed E-state index contributed by atoms with van der Waals surface area (Å²) in [6.45, 7) is 4.79. The second kappa shape index (κ2) is 15.5. The van der Waals surface area contributed by atoms with Crippen LogP contribution in [0.4, 0.5) is 10.1 Å². The zero-order chi connectivity index (χ0) is 33.3. The lowest BCUT2D eigenvalue weighted by Gasteiger charge is -2.34. The number of aryl methyl sites for hydroxylation is 1. The number of rotatable bonds is 14. The lowest BCUT2D eigenvalue weighted by atomic mass is 10.0. The van der Waals surface area contributed by atoms with Gasteiger partial charge in [0.05, 0.1) is 17.7 Å². The summed E-state index contributed by atoms with van der Waals surface area (Å²) in [6.07, 6.45) is 0.797. The Hall–Kier alpha value is -4.70. The lowest BCUT2D eigenvalue weighted by molar-refractivity contribution is -0.140. The fraction of sp³-hybridized carbons (Fsp3) is 0.278. The molecule has 0 fully saturated rings. The number of methoxy groups -OCH3 is 1. The van der Waals surface area contributed by atoms with E-state index < -0.39 is 40.2 Å². The van der Waals surface area contributed by atoms with Crippen LogP contribution < -0.4 is 14.4 Å². The van der Waals surface area contributed by atoms with Crippen molar-refractivity contribution >= 4 is 27.5 Å². The van der Waals surface area contributed by atoms with Gasteiger partial charge in [-0.3, -0.25) is 13.9 Å². The van der Waals surface area contributed by atoms with Crippen LogP contribution in [0.3, 0.4) is 0 Å². The molecular formula is C36H40FN3O5S. The van der Waals surface area contributed by atoms with Gasteiger partial charge in [-0.05, 0) is 68.3 Å². The summed E-state index contributed by atoms with van der Waals surface area (Å²) in [6, 6.07) is 26.7. The Morgan fingerprint density at radius 1 is 0.891 bits per heavy atom. The van der Waals surface area contributed by atoms with Crippen molar-refractivity contribution in [1.82, 2.24) is 10.2 Å². The molecule has 8 nitrogen and oxygen atoms in total. The SMILES string of the molecule is CC[C@H](C)NC(=O)[C@@H](Cc1ccccc1)N(Cc1ccccc1F)C(=O)CN(c1ccc(C)cc1)S(=O)(=O)c1ccc(OC)cc1. The predicted molar refractivity (Wildman–Crippen MR) is 177 cm³/mol. The standard InChI is InChI=1S/C36H40FN3O5S/c1-5-27(3)38-36(42)34(23-28-11-7-6-8-12-28)39(24-29-13-9-10-14-33(29)37)35(41)25-40(30-17-15-26(2)16-18-30)46(43,44)32-21-19-31(45-4)20-22-32/h6-22,27,34H,5,23-25H2,1-4H3,(H,38,42)/t27-,34+/m0/s1. The number of nitrogens with one attached hydrogen (secondary N) is 1. The highest BCUT2D eigenvalue weighted by Crippen LogP contribution is 2.27. The minimum absolute atomic E-state index is 0.0438. The minimum atomic E-state index is -4.27. The van der Waals surface area contributed by atoms with Gasteiger partial charge in [0.15, 0.2) is 0 Å². The number of halogens is 1. The van der Waals surface area contributed by atoms with Crippen molar-refractivity contribution < 1.29 is 27.1 Å². The van der Waals surface area contributed by atoms with Crippen LogP contribution in [0, 0.1) is 12.7 Å². The molecule has 4 rings (SSSR count). The van der Waals surface area contributed by atoms with Gasteiger partial charge >= 0.3 is 0 Å². The molecular weight excluding hydrogens is 605 g/mol. The van der Waals surface area contributed by atoms with E-state index in [1.54, 1.807) is 42.5 Å². The molecule has 1 N–H and O–H groups in total. The maximum absolute atomic E-state index is 15.1. The van der Waals surface area contributed by atoms with Gasteiger partial charge in [-0.15, -0.1) is 0 Å². The fourth-order valence-electron chi connectivity index (χ4n) is 4.92. The number of amides is 2. The Morgan fingerprint density at radius 2 is 1.52 bits per heavy atom. The van der Waals surface area contributed by atoms with Crippen LogP contribution in [0.25, 0.3) is 0 Å². The predicted octanol–water partition coefficient (Wildman–Crippen LogP) is 5.89. The van der Waals surface area contributed by atoms with E-state index in [9.17, 15) is 18.0 Å². The number of carbonyl (C=O) groups excluding carboxylic acids is 2. The Balaban J connectivity index is 1.81. The van der Waals surface area contributed by atoms with Crippen molar-refractivity contribution in [3.8, 4) is 5.75 Å². The number of nitrogens with zero attached hydrogens (tertiary/aromatic N) is 2. The molecule has 0 aliphatic heterocycles. The lowest BCUT2D eigenvalue weighted by Crippen LogP contribution is -2.54. The number of hydrogen-bond donors (Lipinski definition) is 1. The van der Waals surface area contributed by atoms with Gasteiger partial charge in [-0.1, -0.05) is 73.2 Å². The Morgan fingerprint density at radius 3 is 2.13 bits per heavy atom. The molecule has 0 saturated heterocycles. The molecule has 0 unspecified atom stereocenters. The first-order valence-electron chi connectivity index (χ1n) is 15.1. The van der Waals surface area contributed by atoms with Gasteiger partial charge in [0.1, 0.15) is 24.2 Å². The summed E-state index contributed by atoms with van der Waals surface area (Å²) in [5, 5.41) is 2.97. The van der Waals surface area contributed by atoms with E-state index in [-0.39, 0.29) is 35.2 Å². The molecule has 2 atom stereocenters. The molecule has 0 saturated carbocycles. The van der Waals surface area contributed by atoms with Crippen LogP contribution >= 0.6 is 0 Å². The third-order valence-electron chi connectivity index (χ3n) is 7.82. The monoisotopic (exact) mass is 645 g/mol. The Bertz CT molecular complexity index is 1720. The van der Waals surface area contributed by atoms with Crippen LogP contribution in [0.5, 0.6) is 5.75 Å². The summed E-state index contributed by atoms with van der Waals surface area (Å²) in [7, 11) is -2.79. The van der Waals surface area contributed by atoms with Crippen LogP contribution in [-0.4, -0.2) is 50.9 Å². The van der Waals surface area contributed by atoms with Crippen molar-refractivity contribution in [1.29, 1.82) is 0 Å². The molecule has 10 heteroatoms. The van der Waals surface area contributed by atoms with Gasteiger partial charge in [0.25, 0.3) is 10.0 Å². The topological polar surface area (TPSA) is 96.0 Å². The molecule has 4 aromatic carbocycles. The summed E-state index contributed by atoms with van der Waals surface area (Å²) in [4.78, 5) is 29.6. The van der Waals surface area contributed by atoms with Crippen molar-refractivity contribution in [2.75, 3.05) is 18.0 Å². The van der Waals surface area contributed by atoms with Crippen molar-refractivity contribution in [3.63, 3.8) is 0 Å². The third-order valence-corrected chi connectivity index (χ3v) is 9.61. The molecule has 0 radical (unpaired) electrons. The third kappa shape index (κ3) is 8.51. The van der Waals surface area contributed by atoms with Gasteiger partial charge in [-0.2, -0.15) is 0 Å². The quantitative estimate of drug-likeness (QED) is 0.185. The van der Waals surface area contributed by atoms with E-state index in [0.717, 1.165) is 15.4 Å². The first-order valence-corrected chi connectivity index (χ1v) is 16.6. The first-order chi connectivity index (χ1) is 22.0. The average Bonchev–Trinajstić information content (AvgIpc) is 3.06. The molecule has 0 heterocycles. The zero-order valence-corrected chi connectivity index (χ0v) is 27.3. The largest absolute Gasteiger partial charge is 0.497 e. The average molecular weight is 646 g/mol. The number of ether oxygens (including phenoxy) is 1. The summed E-state index contributed by atoms with van der Waals surface area (Å²) < 4.78 is 49.6. The van der Waals surface area contributed by atoms with Crippen molar-refractivity contribution in [3.05, 3.63) is 126 Å². The molecule has 0 aliphatic carbocycles. The van der Waals surface area contributed by atoms with E-state index in [4.69, 9.17) is 4.74 Å². The molecule has 0 bridgehead atoms. The second-order valence-corrected chi connectivity index (χ2v) is 13.0. The van der Waals surface area contributed by atoms with Gasteiger partial charge in [0, 0.05) is 24.6 Å². The van der Waals surface area contributed by atoms with E-state index in [1.165, 1.54) is 42.3 Å². The first kappa shape index (κ1) is 34.2. The second-order valence-electron chi connectivity index (χ2n) is 11.2. The van der Waals surface area contributed by atoms with E-state index in [1.807, 2.05) is 51.1 Å². The summed E-state index contributed by atoms with van der Waals surface area (Å²) in [5.74, 6) is -1.14. The maximum atomic E-state index is 15.1. The summed E-state index contributed by atoms with van der Waals surface area (Å²) in [5.41, 5.74) is 2.16.